The van der Waals surface area contributed by atoms with Crippen molar-refractivity contribution in [2.45, 2.75) is 30.7 Å². The minimum Gasteiger partial charge on any atom is -0.462 e. The largest absolute Gasteiger partial charge is 0.462 e. The SMILES string of the molecule is O=C(N/N=C/c1cccc(Cl)c1)c1ccc(O[C@@H]2O[C@H](CO)[C@@H](O)[C@H](O)[C@H]2O)cc1. The van der Waals surface area contributed by atoms with Gasteiger partial charge in [0.15, 0.2) is 0 Å². The summed E-state index contributed by atoms with van der Waals surface area (Å²) in [6, 6.07) is 12.9. The van der Waals surface area contributed by atoms with Crippen molar-refractivity contribution >= 4 is 23.7 Å². The molecule has 1 aliphatic heterocycles. The molecule has 2 aromatic carbocycles. The number of benzene rings is 2. The van der Waals surface area contributed by atoms with Crippen LogP contribution in [0.5, 0.6) is 5.75 Å². The molecule has 2 aromatic rings. The summed E-state index contributed by atoms with van der Waals surface area (Å²) in [7, 11) is 0. The van der Waals surface area contributed by atoms with E-state index >= 15 is 0 Å². The predicted molar refractivity (Wildman–Crippen MR) is 107 cm³/mol. The first-order valence-electron chi connectivity index (χ1n) is 9.05. The summed E-state index contributed by atoms with van der Waals surface area (Å²) < 4.78 is 10.8. The van der Waals surface area contributed by atoms with Crippen LogP contribution in [0.3, 0.4) is 0 Å². The molecule has 0 saturated carbocycles. The summed E-state index contributed by atoms with van der Waals surface area (Å²) in [6.45, 7) is -0.556. The van der Waals surface area contributed by atoms with Crippen molar-refractivity contribution in [3.8, 4) is 5.75 Å². The van der Waals surface area contributed by atoms with Gasteiger partial charge in [0.1, 0.15) is 30.2 Å². The van der Waals surface area contributed by atoms with Crippen molar-refractivity contribution in [2.75, 3.05) is 6.61 Å². The average molecular weight is 437 g/mol. The second-order valence-electron chi connectivity index (χ2n) is 6.59. The first-order chi connectivity index (χ1) is 14.4. The first kappa shape index (κ1) is 22.2. The zero-order valence-electron chi connectivity index (χ0n) is 15.6. The Bertz CT molecular complexity index is 891. The molecule has 1 fully saturated rings. The van der Waals surface area contributed by atoms with Crippen molar-refractivity contribution in [1.82, 2.24) is 5.43 Å². The fourth-order valence-electron chi connectivity index (χ4n) is 2.80. The number of hydrazone groups is 1. The van der Waals surface area contributed by atoms with Gasteiger partial charge in [-0.1, -0.05) is 23.7 Å². The normalized spacial score (nSPS) is 26.5. The maximum atomic E-state index is 12.2. The summed E-state index contributed by atoms with van der Waals surface area (Å²) in [5.41, 5.74) is 3.43. The highest BCUT2D eigenvalue weighted by Crippen LogP contribution is 2.24. The number of amides is 1. The van der Waals surface area contributed by atoms with Crippen LogP contribution in [0.4, 0.5) is 0 Å². The molecule has 5 N–H and O–H groups in total. The zero-order chi connectivity index (χ0) is 21.7. The summed E-state index contributed by atoms with van der Waals surface area (Å²) in [6.07, 6.45) is -5.45. The number of hydrogen-bond acceptors (Lipinski definition) is 8. The lowest BCUT2D eigenvalue weighted by atomic mass is 9.99. The molecule has 0 radical (unpaired) electrons. The average Bonchev–Trinajstić information content (AvgIpc) is 2.74. The van der Waals surface area contributed by atoms with E-state index in [-0.39, 0.29) is 5.75 Å². The highest BCUT2D eigenvalue weighted by atomic mass is 35.5. The molecule has 10 heteroatoms. The van der Waals surface area contributed by atoms with Gasteiger partial charge < -0.3 is 29.9 Å². The molecule has 1 aliphatic rings. The van der Waals surface area contributed by atoms with Crippen LogP contribution in [-0.2, 0) is 4.74 Å². The van der Waals surface area contributed by atoms with E-state index in [1.165, 1.54) is 30.5 Å². The molecule has 0 aliphatic carbocycles. The van der Waals surface area contributed by atoms with Crippen molar-refractivity contribution < 1.29 is 34.7 Å². The number of aliphatic hydroxyl groups is 4. The molecule has 9 nitrogen and oxygen atoms in total. The van der Waals surface area contributed by atoms with Gasteiger partial charge in [-0.15, -0.1) is 0 Å². The number of hydrogen-bond donors (Lipinski definition) is 5. The molecule has 160 valence electrons. The second-order valence-corrected chi connectivity index (χ2v) is 7.03. The van der Waals surface area contributed by atoms with Crippen LogP contribution in [0.15, 0.2) is 53.6 Å². The van der Waals surface area contributed by atoms with E-state index in [0.717, 1.165) is 5.56 Å². The lowest BCUT2D eigenvalue weighted by Gasteiger charge is -2.39. The Morgan fingerprint density at radius 1 is 1.13 bits per heavy atom. The van der Waals surface area contributed by atoms with Gasteiger partial charge in [0, 0.05) is 10.6 Å². The van der Waals surface area contributed by atoms with Crippen molar-refractivity contribution in [2.24, 2.45) is 5.10 Å². The van der Waals surface area contributed by atoms with Crippen LogP contribution in [-0.4, -0.2) is 69.9 Å². The van der Waals surface area contributed by atoms with Crippen LogP contribution in [0.25, 0.3) is 0 Å². The van der Waals surface area contributed by atoms with Crippen LogP contribution < -0.4 is 10.2 Å². The minimum atomic E-state index is -1.54. The highest BCUT2D eigenvalue weighted by molar-refractivity contribution is 6.30. The van der Waals surface area contributed by atoms with Gasteiger partial charge >= 0.3 is 0 Å². The quantitative estimate of drug-likeness (QED) is 0.323. The molecule has 0 bridgehead atoms. The molecular weight excluding hydrogens is 416 g/mol. The Kier molecular flexibility index (Phi) is 7.38. The number of ether oxygens (including phenoxy) is 2. The summed E-state index contributed by atoms with van der Waals surface area (Å²) in [4.78, 5) is 12.2. The van der Waals surface area contributed by atoms with Gasteiger partial charge in [-0.3, -0.25) is 4.79 Å². The number of nitrogens with zero attached hydrogens (tertiary/aromatic N) is 1. The number of rotatable bonds is 6. The van der Waals surface area contributed by atoms with Gasteiger partial charge in [0.25, 0.3) is 5.91 Å². The lowest BCUT2D eigenvalue weighted by molar-refractivity contribution is -0.277. The van der Waals surface area contributed by atoms with Gasteiger partial charge in [-0.25, -0.2) is 5.43 Å². The van der Waals surface area contributed by atoms with Crippen molar-refractivity contribution in [1.29, 1.82) is 0 Å². The Labute approximate surface area is 177 Å². The van der Waals surface area contributed by atoms with Crippen LogP contribution in [0, 0.1) is 0 Å². The fourth-order valence-corrected chi connectivity index (χ4v) is 3.00. The first-order valence-corrected chi connectivity index (χ1v) is 9.43. The monoisotopic (exact) mass is 436 g/mol. The summed E-state index contributed by atoms with van der Waals surface area (Å²) in [5, 5.41) is 43.2. The third kappa shape index (κ3) is 5.33. The molecular formula is C20H21ClN2O7. The van der Waals surface area contributed by atoms with Crippen molar-refractivity contribution in [3.63, 3.8) is 0 Å². The van der Waals surface area contributed by atoms with Gasteiger partial charge in [-0.2, -0.15) is 5.10 Å². The van der Waals surface area contributed by atoms with Crippen molar-refractivity contribution in [3.05, 3.63) is 64.7 Å². The van der Waals surface area contributed by atoms with Gasteiger partial charge in [-0.05, 0) is 42.0 Å². The Balaban J connectivity index is 1.58. The molecule has 0 aromatic heterocycles. The van der Waals surface area contributed by atoms with E-state index in [0.29, 0.717) is 10.6 Å². The summed E-state index contributed by atoms with van der Waals surface area (Å²) >= 11 is 5.88. The fraction of sp³-hybridized carbons (Fsp3) is 0.300. The van der Waals surface area contributed by atoms with E-state index in [2.05, 4.69) is 10.5 Å². The third-order valence-corrected chi connectivity index (χ3v) is 4.68. The number of aliphatic hydroxyl groups excluding tert-OH is 4. The topological polar surface area (TPSA) is 141 Å². The zero-order valence-corrected chi connectivity index (χ0v) is 16.4. The van der Waals surface area contributed by atoms with Crippen LogP contribution in [0.2, 0.25) is 5.02 Å². The van der Waals surface area contributed by atoms with E-state index < -0.39 is 43.2 Å². The van der Waals surface area contributed by atoms with E-state index in [1.54, 1.807) is 24.3 Å². The number of carbonyl (C=O) groups is 1. The Hall–Kier alpha value is -2.53. The molecule has 3 rings (SSSR count). The maximum Gasteiger partial charge on any atom is 0.271 e. The third-order valence-electron chi connectivity index (χ3n) is 4.45. The molecule has 30 heavy (non-hydrogen) atoms. The Morgan fingerprint density at radius 2 is 1.87 bits per heavy atom. The molecule has 0 unspecified atom stereocenters. The van der Waals surface area contributed by atoms with Gasteiger partial charge in [0.2, 0.25) is 6.29 Å². The smallest absolute Gasteiger partial charge is 0.271 e. The number of halogens is 1. The molecule has 1 heterocycles. The van der Waals surface area contributed by atoms with E-state index in [4.69, 9.17) is 21.1 Å². The van der Waals surface area contributed by atoms with E-state index in [1.807, 2.05) is 0 Å². The van der Waals surface area contributed by atoms with Crippen LogP contribution in [0.1, 0.15) is 15.9 Å². The second kappa shape index (κ2) is 9.98. The lowest BCUT2D eigenvalue weighted by Crippen LogP contribution is -2.60. The molecule has 1 saturated heterocycles. The van der Waals surface area contributed by atoms with E-state index in [9.17, 15) is 25.2 Å². The molecule has 0 spiro atoms. The maximum absolute atomic E-state index is 12.2. The molecule has 5 atom stereocenters. The van der Waals surface area contributed by atoms with Gasteiger partial charge in [0.05, 0.1) is 12.8 Å². The standard InChI is InChI=1S/C20H21ClN2O7/c21-13-3-1-2-11(8-13)9-22-23-19(28)12-4-6-14(7-5-12)29-20-18(27)17(26)16(25)15(10-24)30-20/h1-9,15-18,20,24-27H,10H2,(H,23,28)/b22-9+/t15-,16-,17+,18-,20-/m1/s1. The number of carbonyl (C=O) groups excluding carboxylic acids is 1. The molecule has 1 amide bonds. The van der Waals surface area contributed by atoms with Crippen LogP contribution >= 0.6 is 11.6 Å². The highest BCUT2D eigenvalue weighted by Gasteiger charge is 2.44. The summed E-state index contributed by atoms with van der Waals surface area (Å²) in [5.74, 6) is -0.203. The Morgan fingerprint density at radius 3 is 2.53 bits per heavy atom. The number of nitrogens with one attached hydrogen (secondary N) is 1. The minimum absolute atomic E-state index is 0.248. The predicted octanol–water partition coefficient (Wildman–Crippen LogP) is 0.283.